The lowest BCUT2D eigenvalue weighted by atomic mass is 9.94. The van der Waals surface area contributed by atoms with Gasteiger partial charge < -0.3 is 10.6 Å². The number of nitrogens with zero attached hydrogens (tertiary/aromatic N) is 1. The molecule has 0 bridgehead atoms. The zero-order chi connectivity index (χ0) is 14.9. The molecule has 21 heavy (non-hydrogen) atoms. The topological polar surface area (TPSA) is 46.3 Å². The third-order valence-electron chi connectivity index (χ3n) is 5.33. The SMILES string of the molecule is CCC1CCCN(C(=O)C2(c3ccc(N)cc3)CC2)CC1. The third kappa shape index (κ3) is 2.78. The molecular formula is C18H26N2O. The number of benzene rings is 1. The molecule has 1 heterocycles. The number of likely N-dealkylation sites (tertiary alicyclic amines) is 1. The second-order valence-corrected chi connectivity index (χ2v) is 6.70. The first-order valence-electron chi connectivity index (χ1n) is 8.31. The standard InChI is InChI=1S/C18H26N2O/c1-2-14-4-3-12-20(13-9-14)17(21)18(10-11-18)15-5-7-16(19)8-6-15/h5-8,14H,2-4,9-13,19H2,1H3. The number of nitrogens with two attached hydrogens (primary N) is 1. The van der Waals surface area contributed by atoms with Crippen LogP contribution in [0, 0.1) is 5.92 Å². The van der Waals surface area contributed by atoms with E-state index in [0.29, 0.717) is 5.91 Å². The normalized spacial score (nSPS) is 24.4. The van der Waals surface area contributed by atoms with Crippen molar-refractivity contribution < 1.29 is 4.79 Å². The first-order chi connectivity index (χ1) is 10.2. The van der Waals surface area contributed by atoms with Gasteiger partial charge in [-0.25, -0.2) is 0 Å². The van der Waals surface area contributed by atoms with Gasteiger partial charge in [-0.3, -0.25) is 4.79 Å². The Bertz CT molecular complexity index is 504. The lowest BCUT2D eigenvalue weighted by Gasteiger charge is -2.26. The molecule has 3 heteroatoms. The minimum absolute atomic E-state index is 0.236. The molecule has 1 saturated heterocycles. The van der Waals surface area contributed by atoms with Crippen LogP contribution in [0.2, 0.25) is 0 Å². The molecule has 114 valence electrons. The van der Waals surface area contributed by atoms with E-state index in [-0.39, 0.29) is 5.41 Å². The van der Waals surface area contributed by atoms with Crippen molar-refractivity contribution in [1.82, 2.24) is 4.90 Å². The van der Waals surface area contributed by atoms with Gasteiger partial charge in [0, 0.05) is 18.8 Å². The molecule has 0 spiro atoms. The molecule has 1 aromatic rings. The van der Waals surface area contributed by atoms with E-state index in [0.717, 1.165) is 49.5 Å². The number of amides is 1. The Hall–Kier alpha value is -1.51. The van der Waals surface area contributed by atoms with Crippen molar-refractivity contribution in [2.75, 3.05) is 18.8 Å². The van der Waals surface area contributed by atoms with Crippen LogP contribution in [-0.2, 0) is 10.2 Å². The first-order valence-corrected chi connectivity index (χ1v) is 8.31. The van der Waals surface area contributed by atoms with Crippen molar-refractivity contribution in [2.45, 2.75) is 50.9 Å². The average molecular weight is 286 g/mol. The van der Waals surface area contributed by atoms with Crippen molar-refractivity contribution >= 4 is 11.6 Å². The van der Waals surface area contributed by atoms with Gasteiger partial charge in [-0.1, -0.05) is 25.5 Å². The summed E-state index contributed by atoms with van der Waals surface area (Å²) in [6.07, 6.45) is 6.81. The van der Waals surface area contributed by atoms with E-state index in [1.54, 1.807) is 0 Å². The third-order valence-corrected chi connectivity index (χ3v) is 5.33. The smallest absolute Gasteiger partial charge is 0.233 e. The van der Waals surface area contributed by atoms with Crippen molar-refractivity contribution in [1.29, 1.82) is 0 Å². The van der Waals surface area contributed by atoms with Gasteiger partial charge in [0.25, 0.3) is 0 Å². The van der Waals surface area contributed by atoms with Crippen LogP contribution in [0.1, 0.15) is 51.0 Å². The molecule has 1 unspecified atom stereocenters. The molecule has 2 aliphatic rings. The number of nitrogen functional groups attached to an aromatic ring is 1. The molecule has 2 N–H and O–H groups in total. The number of rotatable bonds is 3. The van der Waals surface area contributed by atoms with Crippen LogP contribution in [0.3, 0.4) is 0 Å². The maximum Gasteiger partial charge on any atom is 0.233 e. The Morgan fingerprint density at radius 3 is 2.57 bits per heavy atom. The highest BCUT2D eigenvalue weighted by Gasteiger charge is 2.52. The van der Waals surface area contributed by atoms with E-state index in [2.05, 4.69) is 11.8 Å². The van der Waals surface area contributed by atoms with Gasteiger partial charge in [-0.15, -0.1) is 0 Å². The quantitative estimate of drug-likeness (QED) is 0.866. The average Bonchev–Trinajstić information content (AvgIpc) is 3.31. The van der Waals surface area contributed by atoms with Crippen LogP contribution >= 0.6 is 0 Å². The van der Waals surface area contributed by atoms with Gasteiger partial charge in [0.1, 0.15) is 0 Å². The van der Waals surface area contributed by atoms with Crippen molar-refractivity contribution in [3.8, 4) is 0 Å². The molecule has 1 aliphatic carbocycles. The number of anilines is 1. The maximum absolute atomic E-state index is 13.0. The summed E-state index contributed by atoms with van der Waals surface area (Å²) in [5.74, 6) is 1.15. The highest BCUT2D eigenvalue weighted by molar-refractivity contribution is 5.91. The summed E-state index contributed by atoms with van der Waals surface area (Å²) in [6, 6.07) is 7.90. The van der Waals surface area contributed by atoms with E-state index in [1.807, 2.05) is 24.3 Å². The van der Waals surface area contributed by atoms with E-state index in [1.165, 1.54) is 19.3 Å². The van der Waals surface area contributed by atoms with E-state index in [4.69, 9.17) is 5.73 Å². The zero-order valence-corrected chi connectivity index (χ0v) is 13.0. The number of hydrogen-bond donors (Lipinski definition) is 1. The molecule has 1 aliphatic heterocycles. The Kier molecular flexibility index (Phi) is 3.92. The van der Waals surface area contributed by atoms with Crippen molar-refractivity contribution in [3.05, 3.63) is 29.8 Å². The van der Waals surface area contributed by atoms with E-state index < -0.39 is 0 Å². The van der Waals surface area contributed by atoms with E-state index in [9.17, 15) is 4.79 Å². The summed E-state index contributed by atoms with van der Waals surface area (Å²) in [4.78, 5) is 15.1. The molecule has 1 saturated carbocycles. The summed E-state index contributed by atoms with van der Waals surface area (Å²) in [5.41, 5.74) is 7.45. The fourth-order valence-electron chi connectivity index (χ4n) is 3.63. The molecule has 1 atom stereocenters. The largest absolute Gasteiger partial charge is 0.399 e. The summed E-state index contributed by atoms with van der Waals surface area (Å²) < 4.78 is 0. The Morgan fingerprint density at radius 1 is 1.24 bits per heavy atom. The van der Waals surface area contributed by atoms with Gasteiger partial charge in [-0.2, -0.15) is 0 Å². The van der Waals surface area contributed by atoms with Crippen LogP contribution in [0.15, 0.2) is 24.3 Å². The fourth-order valence-corrected chi connectivity index (χ4v) is 3.63. The van der Waals surface area contributed by atoms with Crippen LogP contribution in [0.4, 0.5) is 5.69 Å². The summed E-state index contributed by atoms with van der Waals surface area (Å²) in [7, 11) is 0. The van der Waals surface area contributed by atoms with Gasteiger partial charge >= 0.3 is 0 Å². The summed E-state index contributed by atoms with van der Waals surface area (Å²) in [5, 5.41) is 0. The molecule has 0 aromatic heterocycles. The second kappa shape index (κ2) is 5.70. The molecule has 2 fully saturated rings. The van der Waals surface area contributed by atoms with Crippen LogP contribution < -0.4 is 5.73 Å². The highest BCUT2D eigenvalue weighted by atomic mass is 16.2. The molecule has 3 rings (SSSR count). The monoisotopic (exact) mass is 286 g/mol. The van der Waals surface area contributed by atoms with Crippen LogP contribution in [-0.4, -0.2) is 23.9 Å². The minimum Gasteiger partial charge on any atom is -0.399 e. The van der Waals surface area contributed by atoms with Gasteiger partial charge in [0.15, 0.2) is 0 Å². The zero-order valence-electron chi connectivity index (χ0n) is 13.0. The fraction of sp³-hybridized carbons (Fsp3) is 0.611. The highest BCUT2D eigenvalue weighted by Crippen LogP contribution is 2.50. The number of carbonyl (C=O) groups excluding carboxylic acids is 1. The van der Waals surface area contributed by atoms with Gasteiger partial charge in [-0.05, 0) is 55.7 Å². The number of carbonyl (C=O) groups is 1. The van der Waals surface area contributed by atoms with Crippen molar-refractivity contribution in [2.24, 2.45) is 5.92 Å². The molecule has 1 aromatic carbocycles. The summed E-state index contributed by atoms with van der Waals surface area (Å²) in [6.45, 7) is 4.14. The van der Waals surface area contributed by atoms with Crippen LogP contribution in [0.25, 0.3) is 0 Å². The predicted octanol–water partition coefficient (Wildman–Crippen LogP) is 3.34. The van der Waals surface area contributed by atoms with Gasteiger partial charge in [0.2, 0.25) is 5.91 Å². The predicted molar refractivity (Wildman–Crippen MR) is 86.0 cm³/mol. The maximum atomic E-state index is 13.0. The Labute approximate surface area is 127 Å². The molecule has 0 radical (unpaired) electrons. The summed E-state index contributed by atoms with van der Waals surface area (Å²) >= 11 is 0. The second-order valence-electron chi connectivity index (χ2n) is 6.70. The number of hydrogen-bond acceptors (Lipinski definition) is 2. The Balaban J connectivity index is 1.74. The first kappa shape index (κ1) is 14.4. The minimum atomic E-state index is -0.236. The van der Waals surface area contributed by atoms with Crippen molar-refractivity contribution in [3.63, 3.8) is 0 Å². The van der Waals surface area contributed by atoms with Gasteiger partial charge in [0.05, 0.1) is 5.41 Å². The molecule has 3 nitrogen and oxygen atoms in total. The lowest BCUT2D eigenvalue weighted by molar-refractivity contribution is -0.134. The van der Waals surface area contributed by atoms with Crippen LogP contribution in [0.5, 0.6) is 0 Å². The molecule has 1 amide bonds. The Morgan fingerprint density at radius 2 is 1.95 bits per heavy atom. The molecular weight excluding hydrogens is 260 g/mol. The van der Waals surface area contributed by atoms with E-state index >= 15 is 0 Å². The lowest BCUT2D eigenvalue weighted by Crippen LogP contribution is -2.40.